The molecule has 3 N–H and O–H groups in total. The SMILES string of the molecule is CCC1CCCCCN1c1cc(OC)ccc1/C(N)=N/O. The normalized spacial score (nSPS) is 20.2. The molecule has 0 aliphatic carbocycles. The predicted molar refractivity (Wildman–Crippen MR) is 85.4 cm³/mol. The molecule has 5 heteroatoms. The third kappa shape index (κ3) is 3.40. The molecule has 0 amide bonds. The maximum atomic E-state index is 9.03. The highest BCUT2D eigenvalue weighted by Crippen LogP contribution is 2.31. The lowest BCUT2D eigenvalue weighted by Crippen LogP contribution is -2.36. The molecule has 5 nitrogen and oxygen atoms in total. The largest absolute Gasteiger partial charge is 0.497 e. The molecule has 1 fully saturated rings. The van der Waals surface area contributed by atoms with E-state index < -0.39 is 0 Å². The molecule has 2 rings (SSSR count). The molecule has 0 spiro atoms. The molecule has 1 saturated heterocycles. The summed E-state index contributed by atoms with van der Waals surface area (Å²) in [5, 5.41) is 12.2. The molecule has 0 radical (unpaired) electrons. The number of anilines is 1. The van der Waals surface area contributed by atoms with Crippen molar-refractivity contribution in [3.63, 3.8) is 0 Å². The highest BCUT2D eigenvalue weighted by Gasteiger charge is 2.23. The minimum atomic E-state index is 0.145. The van der Waals surface area contributed by atoms with Crippen molar-refractivity contribution in [2.24, 2.45) is 10.9 Å². The Labute approximate surface area is 126 Å². The van der Waals surface area contributed by atoms with Crippen LogP contribution in [0.1, 0.15) is 44.6 Å². The second-order valence-electron chi connectivity index (χ2n) is 5.47. The third-order valence-corrected chi connectivity index (χ3v) is 4.25. The lowest BCUT2D eigenvalue weighted by Gasteiger charge is -2.33. The van der Waals surface area contributed by atoms with Gasteiger partial charge in [0.05, 0.1) is 12.8 Å². The molecule has 1 aliphatic rings. The second-order valence-corrected chi connectivity index (χ2v) is 5.47. The maximum absolute atomic E-state index is 9.03. The van der Waals surface area contributed by atoms with Crippen LogP contribution in [0, 0.1) is 0 Å². The van der Waals surface area contributed by atoms with Gasteiger partial charge in [-0.05, 0) is 31.4 Å². The summed E-state index contributed by atoms with van der Waals surface area (Å²) in [6.45, 7) is 3.21. The Morgan fingerprint density at radius 1 is 1.43 bits per heavy atom. The van der Waals surface area contributed by atoms with E-state index in [9.17, 15) is 0 Å². The average Bonchev–Trinajstić information content (AvgIpc) is 2.78. The smallest absolute Gasteiger partial charge is 0.172 e. The van der Waals surface area contributed by atoms with Gasteiger partial charge < -0.3 is 20.6 Å². The molecule has 0 saturated carbocycles. The first-order valence-corrected chi connectivity index (χ1v) is 7.63. The number of rotatable bonds is 4. The lowest BCUT2D eigenvalue weighted by molar-refractivity contribution is 0.318. The van der Waals surface area contributed by atoms with Crippen LogP contribution in [-0.2, 0) is 0 Å². The van der Waals surface area contributed by atoms with Crippen LogP contribution >= 0.6 is 0 Å². The van der Waals surface area contributed by atoms with Crippen LogP contribution < -0.4 is 15.4 Å². The van der Waals surface area contributed by atoms with Gasteiger partial charge >= 0.3 is 0 Å². The summed E-state index contributed by atoms with van der Waals surface area (Å²) in [7, 11) is 1.65. The first kappa shape index (κ1) is 15.5. The molecular weight excluding hydrogens is 266 g/mol. The standard InChI is InChI=1S/C16H25N3O2/c1-3-12-7-5-4-6-10-19(12)15-11-13(21-2)8-9-14(15)16(17)18-20/h8-9,11-12,20H,3-7,10H2,1-2H3,(H2,17,18). The van der Waals surface area contributed by atoms with E-state index in [0.29, 0.717) is 6.04 Å². The van der Waals surface area contributed by atoms with E-state index in [4.69, 9.17) is 15.7 Å². The minimum absolute atomic E-state index is 0.145. The van der Waals surface area contributed by atoms with Gasteiger partial charge in [0.25, 0.3) is 0 Å². The van der Waals surface area contributed by atoms with E-state index in [1.807, 2.05) is 18.2 Å². The summed E-state index contributed by atoms with van der Waals surface area (Å²) in [5.41, 5.74) is 7.61. The Kier molecular flexibility index (Phi) is 5.31. The fourth-order valence-electron chi connectivity index (χ4n) is 3.07. The molecule has 1 aromatic carbocycles. The summed E-state index contributed by atoms with van der Waals surface area (Å²) in [6.07, 6.45) is 5.97. The van der Waals surface area contributed by atoms with E-state index >= 15 is 0 Å². The maximum Gasteiger partial charge on any atom is 0.172 e. The molecule has 1 atom stereocenters. The van der Waals surface area contributed by atoms with E-state index in [1.54, 1.807) is 7.11 Å². The van der Waals surface area contributed by atoms with Crippen molar-refractivity contribution in [1.82, 2.24) is 0 Å². The number of hydrogen-bond donors (Lipinski definition) is 2. The van der Waals surface area contributed by atoms with Crippen LogP contribution in [0.25, 0.3) is 0 Å². The summed E-state index contributed by atoms with van der Waals surface area (Å²) < 4.78 is 5.34. The summed E-state index contributed by atoms with van der Waals surface area (Å²) in [5.74, 6) is 0.936. The van der Waals surface area contributed by atoms with E-state index in [2.05, 4.69) is 17.0 Å². The quantitative estimate of drug-likeness (QED) is 0.387. The molecule has 116 valence electrons. The zero-order valence-corrected chi connectivity index (χ0v) is 12.9. The average molecular weight is 291 g/mol. The summed E-state index contributed by atoms with van der Waals surface area (Å²) in [4.78, 5) is 2.39. The molecule has 1 heterocycles. The number of amidine groups is 1. The first-order valence-electron chi connectivity index (χ1n) is 7.63. The second kappa shape index (κ2) is 7.20. The van der Waals surface area contributed by atoms with Gasteiger partial charge in [0.2, 0.25) is 0 Å². The Morgan fingerprint density at radius 2 is 2.24 bits per heavy atom. The molecule has 0 bridgehead atoms. The fraction of sp³-hybridized carbons (Fsp3) is 0.562. The number of oxime groups is 1. The van der Waals surface area contributed by atoms with Crippen molar-refractivity contribution in [3.8, 4) is 5.75 Å². The van der Waals surface area contributed by atoms with Crippen molar-refractivity contribution < 1.29 is 9.94 Å². The van der Waals surface area contributed by atoms with Gasteiger partial charge in [0.1, 0.15) is 5.75 Å². The van der Waals surface area contributed by atoms with Gasteiger partial charge in [-0.25, -0.2) is 0 Å². The minimum Gasteiger partial charge on any atom is -0.497 e. The fourth-order valence-corrected chi connectivity index (χ4v) is 3.07. The number of nitrogens with two attached hydrogens (primary N) is 1. The van der Waals surface area contributed by atoms with Crippen LogP contribution in [0.2, 0.25) is 0 Å². The highest BCUT2D eigenvalue weighted by molar-refractivity contribution is 6.02. The van der Waals surface area contributed by atoms with Gasteiger partial charge in [-0.3, -0.25) is 0 Å². The molecule has 21 heavy (non-hydrogen) atoms. The highest BCUT2D eigenvalue weighted by atomic mass is 16.5. The number of methoxy groups -OCH3 is 1. The van der Waals surface area contributed by atoms with Crippen molar-refractivity contribution in [2.75, 3.05) is 18.6 Å². The van der Waals surface area contributed by atoms with Crippen LogP contribution in [0.4, 0.5) is 5.69 Å². The van der Waals surface area contributed by atoms with Gasteiger partial charge in [-0.1, -0.05) is 24.9 Å². The van der Waals surface area contributed by atoms with Gasteiger partial charge in [-0.2, -0.15) is 0 Å². The lowest BCUT2D eigenvalue weighted by atomic mass is 10.0. The molecule has 1 aromatic rings. The Balaban J connectivity index is 2.47. The topological polar surface area (TPSA) is 71.1 Å². The zero-order valence-electron chi connectivity index (χ0n) is 12.9. The van der Waals surface area contributed by atoms with Crippen LogP contribution in [0.15, 0.2) is 23.4 Å². The van der Waals surface area contributed by atoms with Gasteiger partial charge in [0, 0.05) is 24.2 Å². The number of nitrogens with zero attached hydrogens (tertiary/aromatic N) is 2. The Bertz CT molecular complexity index is 502. The summed E-state index contributed by atoms with van der Waals surface area (Å²) >= 11 is 0. The van der Waals surface area contributed by atoms with Crippen molar-refractivity contribution in [1.29, 1.82) is 0 Å². The van der Waals surface area contributed by atoms with Crippen molar-refractivity contribution >= 4 is 11.5 Å². The van der Waals surface area contributed by atoms with E-state index in [0.717, 1.165) is 30.0 Å². The molecular formula is C16H25N3O2. The first-order chi connectivity index (χ1) is 10.2. The zero-order chi connectivity index (χ0) is 15.2. The Hall–Kier alpha value is -1.91. The number of hydrogen-bond acceptors (Lipinski definition) is 4. The van der Waals surface area contributed by atoms with E-state index in [1.165, 1.54) is 25.7 Å². The van der Waals surface area contributed by atoms with Crippen molar-refractivity contribution in [3.05, 3.63) is 23.8 Å². The third-order valence-electron chi connectivity index (χ3n) is 4.25. The molecule has 1 aliphatic heterocycles. The monoisotopic (exact) mass is 291 g/mol. The van der Waals surface area contributed by atoms with Gasteiger partial charge in [-0.15, -0.1) is 0 Å². The Morgan fingerprint density at radius 3 is 2.90 bits per heavy atom. The predicted octanol–water partition coefficient (Wildman–Crippen LogP) is 2.95. The van der Waals surface area contributed by atoms with Gasteiger partial charge in [0.15, 0.2) is 5.84 Å². The van der Waals surface area contributed by atoms with Crippen molar-refractivity contribution in [2.45, 2.75) is 45.1 Å². The van der Waals surface area contributed by atoms with Crippen LogP contribution in [0.5, 0.6) is 5.75 Å². The molecule has 0 aromatic heterocycles. The van der Waals surface area contributed by atoms with Crippen LogP contribution in [-0.4, -0.2) is 30.7 Å². The summed E-state index contributed by atoms with van der Waals surface area (Å²) in [6, 6.07) is 6.18. The molecule has 1 unspecified atom stereocenters. The van der Waals surface area contributed by atoms with E-state index in [-0.39, 0.29) is 5.84 Å². The number of benzene rings is 1. The number of ether oxygens (including phenoxy) is 1. The van der Waals surface area contributed by atoms with Crippen LogP contribution in [0.3, 0.4) is 0 Å².